The second kappa shape index (κ2) is 5.26. The second-order valence-electron chi connectivity index (χ2n) is 4.67. The number of carbonyl (C=O) groups is 1. The van der Waals surface area contributed by atoms with E-state index in [1.807, 2.05) is 47.4 Å². The van der Waals surface area contributed by atoms with Gasteiger partial charge in [0.2, 0.25) is 5.91 Å². The molecule has 1 heterocycles. The fourth-order valence-corrected chi connectivity index (χ4v) is 2.67. The van der Waals surface area contributed by atoms with Gasteiger partial charge in [-0.3, -0.25) is 4.79 Å². The Morgan fingerprint density at radius 1 is 1.20 bits per heavy atom. The van der Waals surface area contributed by atoms with Crippen LogP contribution in [0.5, 0.6) is 0 Å². The lowest BCUT2D eigenvalue weighted by Crippen LogP contribution is -2.35. The van der Waals surface area contributed by atoms with Crippen molar-refractivity contribution < 1.29 is 4.79 Å². The van der Waals surface area contributed by atoms with Crippen molar-refractivity contribution in [2.75, 3.05) is 16.8 Å². The van der Waals surface area contributed by atoms with E-state index >= 15 is 0 Å². The molecule has 0 aromatic heterocycles. The van der Waals surface area contributed by atoms with Crippen molar-refractivity contribution in [1.82, 2.24) is 0 Å². The number of anilines is 3. The third-order valence-corrected chi connectivity index (χ3v) is 3.80. The Labute approximate surface area is 125 Å². The lowest BCUT2D eigenvalue weighted by Gasteiger charge is -2.31. The van der Waals surface area contributed by atoms with E-state index in [-0.39, 0.29) is 5.91 Å². The zero-order chi connectivity index (χ0) is 14.1. The van der Waals surface area contributed by atoms with Gasteiger partial charge in [-0.2, -0.15) is 0 Å². The number of fused-ring (bicyclic) bond motifs is 1. The summed E-state index contributed by atoms with van der Waals surface area (Å²) in [5.41, 5.74) is 9.48. The number of nitrogens with two attached hydrogens (primary N) is 1. The Hall–Kier alpha value is -1.85. The van der Waals surface area contributed by atoms with Crippen LogP contribution in [0.15, 0.2) is 46.9 Å². The maximum atomic E-state index is 11.9. The first-order valence-corrected chi connectivity index (χ1v) is 7.12. The van der Waals surface area contributed by atoms with Gasteiger partial charge in [0.05, 0.1) is 11.4 Å². The van der Waals surface area contributed by atoms with Crippen molar-refractivity contribution >= 4 is 38.9 Å². The van der Waals surface area contributed by atoms with Crippen LogP contribution in [0.2, 0.25) is 0 Å². The standard InChI is InChI=1S/C15H14BrN3O/c16-11-3-6-14-13(7-11)18-15(20)9-19(14)12-4-1-10(8-17)2-5-12/h1-7H,8-9,17H2,(H,18,20). The molecule has 0 fully saturated rings. The summed E-state index contributed by atoms with van der Waals surface area (Å²) in [4.78, 5) is 13.9. The molecule has 4 nitrogen and oxygen atoms in total. The van der Waals surface area contributed by atoms with Crippen LogP contribution in [0, 0.1) is 0 Å². The van der Waals surface area contributed by atoms with Gasteiger partial charge in [-0.15, -0.1) is 0 Å². The molecule has 3 N–H and O–H groups in total. The number of amides is 1. The van der Waals surface area contributed by atoms with Crippen LogP contribution >= 0.6 is 15.9 Å². The molecule has 1 amide bonds. The van der Waals surface area contributed by atoms with E-state index in [1.54, 1.807) is 0 Å². The minimum atomic E-state index is -0.0153. The van der Waals surface area contributed by atoms with Gasteiger partial charge in [-0.1, -0.05) is 28.1 Å². The van der Waals surface area contributed by atoms with Gasteiger partial charge in [-0.25, -0.2) is 0 Å². The Morgan fingerprint density at radius 2 is 1.95 bits per heavy atom. The fourth-order valence-electron chi connectivity index (χ4n) is 2.30. The maximum Gasteiger partial charge on any atom is 0.244 e. The van der Waals surface area contributed by atoms with Crippen LogP contribution in [-0.4, -0.2) is 12.5 Å². The number of benzene rings is 2. The summed E-state index contributed by atoms with van der Waals surface area (Å²) in [7, 11) is 0. The summed E-state index contributed by atoms with van der Waals surface area (Å²) in [6.45, 7) is 0.834. The van der Waals surface area contributed by atoms with E-state index in [1.165, 1.54) is 0 Å². The Balaban J connectivity index is 2.03. The van der Waals surface area contributed by atoms with E-state index in [4.69, 9.17) is 5.73 Å². The third kappa shape index (κ3) is 2.42. The number of nitrogens with one attached hydrogen (secondary N) is 1. The van der Waals surface area contributed by atoms with Crippen LogP contribution in [0.25, 0.3) is 0 Å². The predicted octanol–water partition coefficient (Wildman–Crippen LogP) is 3.00. The Bertz CT molecular complexity index is 655. The lowest BCUT2D eigenvalue weighted by molar-refractivity contribution is -0.115. The van der Waals surface area contributed by atoms with Gasteiger partial charge in [-0.05, 0) is 35.9 Å². The minimum Gasteiger partial charge on any atom is -0.330 e. The molecule has 1 aliphatic rings. The molecule has 20 heavy (non-hydrogen) atoms. The van der Waals surface area contributed by atoms with Gasteiger partial charge in [0.25, 0.3) is 0 Å². The smallest absolute Gasteiger partial charge is 0.244 e. The minimum absolute atomic E-state index is 0.0153. The first-order valence-electron chi connectivity index (χ1n) is 6.33. The number of carbonyl (C=O) groups excluding carboxylic acids is 1. The summed E-state index contributed by atoms with van der Waals surface area (Å²) in [6, 6.07) is 13.8. The highest BCUT2D eigenvalue weighted by Crippen LogP contribution is 2.36. The van der Waals surface area contributed by atoms with Crippen LogP contribution in [-0.2, 0) is 11.3 Å². The van der Waals surface area contributed by atoms with Crippen LogP contribution in [0.4, 0.5) is 17.1 Å². The molecule has 2 aromatic rings. The molecule has 5 heteroatoms. The van der Waals surface area contributed by atoms with Gasteiger partial charge in [0.1, 0.15) is 6.54 Å². The highest BCUT2D eigenvalue weighted by Gasteiger charge is 2.23. The summed E-state index contributed by atoms with van der Waals surface area (Å²) >= 11 is 3.42. The van der Waals surface area contributed by atoms with E-state index < -0.39 is 0 Å². The summed E-state index contributed by atoms with van der Waals surface area (Å²) in [6.07, 6.45) is 0. The molecule has 3 rings (SSSR count). The monoisotopic (exact) mass is 331 g/mol. The van der Waals surface area contributed by atoms with Gasteiger partial charge < -0.3 is 16.0 Å². The second-order valence-corrected chi connectivity index (χ2v) is 5.58. The van der Waals surface area contributed by atoms with Crippen molar-refractivity contribution in [2.24, 2.45) is 5.73 Å². The zero-order valence-corrected chi connectivity index (χ0v) is 12.4. The molecule has 0 spiro atoms. The van der Waals surface area contributed by atoms with Crippen molar-refractivity contribution in [2.45, 2.75) is 6.54 Å². The average molecular weight is 332 g/mol. The van der Waals surface area contributed by atoms with Crippen LogP contribution in [0.1, 0.15) is 5.56 Å². The average Bonchev–Trinajstić information content (AvgIpc) is 2.46. The summed E-state index contributed by atoms with van der Waals surface area (Å²) in [5.74, 6) is -0.0153. The predicted molar refractivity (Wildman–Crippen MR) is 84.1 cm³/mol. The topological polar surface area (TPSA) is 58.4 Å². The van der Waals surface area contributed by atoms with Crippen molar-refractivity contribution in [3.8, 4) is 0 Å². The molecule has 0 bridgehead atoms. The van der Waals surface area contributed by atoms with Crippen LogP contribution in [0.3, 0.4) is 0 Å². The summed E-state index contributed by atoms with van der Waals surface area (Å²) in [5, 5.41) is 2.89. The highest BCUT2D eigenvalue weighted by molar-refractivity contribution is 9.10. The normalized spacial score (nSPS) is 13.9. The van der Waals surface area contributed by atoms with Gasteiger partial charge in [0.15, 0.2) is 0 Å². The van der Waals surface area contributed by atoms with E-state index in [9.17, 15) is 4.79 Å². The third-order valence-electron chi connectivity index (χ3n) is 3.31. The van der Waals surface area contributed by atoms with Gasteiger partial charge in [0, 0.05) is 16.7 Å². The molecule has 0 saturated heterocycles. The van der Waals surface area contributed by atoms with E-state index in [2.05, 4.69) is 21.2 Å². The molecular weight excluding hydrogens is 318 g/mol. The molecule has 0 saturated carbocycles. The quantitative estimate of drug-likeness (QED) is 0.889. The van der Waals surface area contributed by atoms with E-state index in [0.29, 0.717) is 13.1 Å². The van der Waals surface area contributed by atoms with E-state index in [0.717, 1.165) is 27.1 Å². The van der Waals surface area contributed by atoms with Gasteiger partial charge >= 0.3 is 0 Å². The van der Waals surface area contributed by atoms with Crippen LogP contribution < -0.4 is 16.0 Å². The number of halogens is 1. The first kappa shape index (κ1) is 13.1. The lowest BCUT2D eigenvalue weighted by atomic mass is 10.1. The highest BCUT2D eigenvalue weighted by atomic mass is 79.9. The molecule has 0 unspecified atom stereocenters. The Morgan fingerprint density at radius 3 is 2.65 bits per heavy atom. The molecule has 0 radical (unpaired) electrons. The molecule has 0 aliphatic carbocycles. The molecular formula is C15H14BrN3O. The van der Waals surface area contributed by atoms with Crippen molar-refractivity contribution in [3.05, 3.63) is 52.5 Å². The molecule has 0 atom stereocenters. The SMILES string of the molecule is NCc1ccc(N2CC(=O)Nc3cc(Br)ccc32)cc1. The maximum absolute atomic E-state index is 11.9. The zero-order valence-electron chi connectivity index (χ0n) is 10.8. The largest absolute Gasteiger partial charge is 0.330 e. The number of hydrogen-bond donors (Lipinski definition) is 2. The van der Waals surface area contributed by atoms with Crippen molar-refractivity contribution in [3.63, 3.8) is 0 Å². The number of nitrogens with zero attached hydrogens (tertiary/aromatic N) is 1. The summed E-state index contributed by atoms with van der Waals surface area (Å²) < 4.78 is 0.942. The molecule has 102 valence electrons. The molecule has 1 aliphatic heterocycles. The first-order chi connectivity index (χ1) is 9.67. The number of rotatable bonds is 2. The Kier molecular flexibility index (Phi) is 3.46. The number of hydrogen-bond acceptors (Lipinski definition) is 3. The molecule has 2 aromatic carbocycles. The fraction of sp³-hybridized carbons (Fsp3) is 0.133. The van der Waals surface area contributed by atoms with Crippen molar-refractivity contribution in [1.29, 1.82) is 0 Å².